The van der Waals surface area contributed by atoms with Gasteiger partial charge in [-0.3, -0.25) is 4.90 Å². The Hall–Kier alpha value is -3.61. The first kappa shape index (κ1) is 18.2. The number of nitrogens with one attached hydrogen (secondary N) is 1. The van der Waals surface area contributed by atoms with Crippen molar-refractivity contribution < 1.29 is 24.2 Å². The zero-order valence-electron chi connectivity index (χ0n) is 14.8. The number of hydrogen-bond acceptors (Lipinski definition) is 4. The van der Waals surface area contributed by atoms with E-state index in [0.29, 0.717) is 17.0 Å². The van der Waals surface area contributed by atoms with E-state index in [1.54, 1.807) is 6.92 Å². The Kier molecular flexibility index (Phi) is 4.94. The van der Waals surface area contributed by atoms with Crippen LogP contribution in [-0.4, -0.2) is 30.2 Å². The van der Waals surface area contributed by atoms with E-state index in [2.05, 4.69) is 5.32 Å². The lowest BCUT2D eigenvalue weighted by Crippen LogP contribution is -2.48. The Bertz CT molecular complexity index is 919. The highest BCUT2D eigenvalue weighted by atomic mass is 16.5. The smallest absolute Gasteiger partial charge is 0.337 e. The van der Waals surface area contributed by atoms with Crippen LogP contribution < -0.4 is 10.2 Å². The summed E-state index contributed by atoms with van der Waals surface area (Å²) in [5, 5.41) is 11.9. The average Bonchev–Trinajstić information content (AvgIpc) is 2.68. The standard InChI is InChI=1S/C20H18N2O5/c1-12-16(19(25)27-2)17(13-6-4-3-5-7-13)21-20(26)22(12)15-10-8-14(9-11-15)18(23)24/h3-11,17H,1-2H3,(H,21,26)(H,23,24)/t17-/m1/s1. The normalized spacial score (nSPS) is 16.7. The number of nitrogens with zero attached hydrogens (tertiary/aromatic N) is 1. The highest BCUT2D eigenvalue weighted by Gasteiger charge is 2.36. The first-order valence-corrected chi connectivity index (χ1v) is 8.22. The second-order valence-corrected chi connectivity index (χ2v) is 5.97. The fraction of sp³-hybridized carbons (Fsp3) is 0.150. The summed E-state index contributed by atoms with van der Waals surface area (Å²) in [6.45, 7) is 1.66. The lowest BCUT2D eigenvalue weighted by Gasteiger charge is -2.35. The van der Waals surface area contributed by atoms with Gasteiger partial charge in [0.1, 0.15) is 0 Å². The molecule has 2 aromatic carbocycles. The molecule has 0 radical (unpaired) electrons. The molecule has 1 atom stereocenters. The van der Waals surface area contributed by atoms with E-state index < -0.39 is 24.0 Å². The van der Waals surface area contributed by atoms with Crippen molar-refractivity contribution >= 4 is 23.7 Å². The number of carboxylic acid groups (broad SMARTS) is 1. The Morgan fingerprint density at radius 1 is 1.07 bits per heavy atom. The number of hydrogen-bond donors (Lipinski definition) is 2. The predicted octanol–water partition coefficient (Wildman–Crippen LogP) is 3.10. The fourth-order valence-electron chi connectivity index (χ4n) is 3.08. The summed E-state index contributed by atoms with van der Waals surface area (Å²) >= 11 is 0. The lowest BCUT2D eigenvalue weighted by molar-refractivity contribution is -0.136. The van der Waals surface area contributed by atoms with E-state index in [9.17, 15) is 14.4 Å². The molecule has 2 aromatic rings. The molecule has 0 aliphatic carbocycles. The average molecular weight is 366 g/mol. The van der Waals surface area contributed by atoms with Gasteiger partial charge < -0.3 is 15.2 Å². The van der Waals surface area contributed by atoms with Crippen LogP contribution in [-0.2, 0) is 9.53 Å². The largest absolute Gasteiger partial charge is 0.478 e. The molecule has 0 spiro atoms. The minimum Gasteiger partial charge on any atom is -0.478 e. The summed E-state index contributed by atoms with van der Waals surface area (Å²) in [4.78, 5) is 37.6. The van der Waals surface area contributed by atoms with Crippen LogP contribution in [0.3, 0.4) is 0 Å². The number of anilines is 1. The molecule has 1 aliphatic rings. The molecule has 0 bridgehead atoms. The second-order valence-electron chi connectivity index (χ2n) is 5.97. The monoisotopic (exact) mass is 366 g/mol. The summed E-state index contributed by atoms with van der Waals surface area (Å²) in [6, 6.07) is 13.9. The highest BCUT2D eigenvalue weighted by Crippen LogP contribution is 2.34. The number of allylic oxidation sites excluding steroid dienone is 1. The molecule has 3 rings (SSSR count). The molecule has 1 heterocycles. The van der Waals surface area contributed by atoms with Crippen molar-refractivity contribution in [2.24, 2.45) is 0 Å². The topological polar surface area (TPSA) is 95.9 Å². The first-order chi connectivity index (χ1) is 12.9. The maximum absolute atomic E-state index is 12.8. The molecule has 0 saturated heterocycles. The van der Waals surface area contributed by atoms with Gasteiger partial charge in [0, 0.05) is 5.70 Å². The van der Waals surface area contributed by atoms with Gasteiger partial charge in [0.2, 0.25) is 0 Å². The second kappa shape index (κ2) is 7.33. The number of ether oxygens (including phenoxy) is 1. The van der Waals surface area contributed by atoms with Gasteiger partial charge in [-0.05, 0) is 36.8 Å². The van der Waals surface area contributed by atoms with Crippen LogP contribution in [0.4, 0.5) is 10.5 Å². The van der Waals surface area contributed by atoms with Crippen molar-refractivity contribution in [3.8, 4) is 0 Å². The molecule has 0 aromatic heterocycles. The van der Waals surface area contributed by atoms with E-state index in [-0.39, 0.29) is 5.56 Å². The Labute approximate surface area is 155 Å². The molecular weight excluding hydrogens is 348 g/mol. The van der Waals surface area contributed by atoms with Crippen molar-refractivity contribution in [1.29, 1.82) is 0 Å². The summed E-state index contributed by atoms with van der Waals surface area (Å²) < 4.78 is 4.93. The van der Waals surface area contributed by atoms with Crippen molar-refractivity contribution in [3.63, 3.8) is 0 Å². The SMILES string of the molecule is COC(=O)C1=C(C)N(c2ccc(C(=O)O)cc2)C(=O)N[C@@H]1c1ccccc1. The van der Waals surface area contributed by atoms with E-state index in [4.69, 9.17) is 9.84 Å². The van der Waals surface area contributed by atoms with E-state index >= 15 is 0 Å². The Morgan fingerprint density at radius 3 is 2.26 bits per heavy atom. The molecule has 7 heteroatoms. The third-order valence-electron chi connectivity index (χ3n) is 4.40. The Morgan fingerprint density at radius 2 is 1.70 bits per heavy atom. The number of urea groups is 1. The van der Waals surface area contributed by atoms with Crippen molar-refractivity contribution in [2.75, 3.05) is 12.0 Å². The summed E-state index contributed by atoms with van der Waals surface area (Å²) in [5.41, 5.74) is 2.04. The number of rotatable bonds is 4. The number of methoxy groups -OCH3 is 1. The third-order valence-corrected chi connectivity index (χ3v) is 4.40. The minimum absolute atomic E-state index is 0.105. The van der Waals surface area contributed by atoms with Gasteiger partial charge in [-0.1, -0.05) is 30.3 Å². The molecular formula is C20H18N2O5. The van der Waals surface area contributed by atoms with E-state index in [0.717, 1.165) is 5.56 Å². The van der Waals surface area contributed by atoms with Gasteiger partial charge in [0.25, 0.3) is 0 Å². The zero-order valence-corrected chi connectivity index (χ0v) is 14.8. The summed E-state index contributed by atoms with van der Waals surface area (Å²) in [6.07, 6.45) is 0. The highest BCUT2D eigenvalue weighted by molar-refractivity contribution is 6.03. The van der Waals surface area contributed by atoms with Crippen LogP contribution in [0.5, 0.6) is 0 Å². The Balaban J connectivity index is 2.09. The van der Waals surface area contributed by atoms with Crippen molar-refractivity contribution in [2.45, 2.75) is 13.0 Å². The van der Waals surface area contributed by atoms with Gasteiger partial charge in [0.05, 0.1) is 30.0 Å². The number of carboxylic acids is 1. The molecule has 2 amide bonds. The summed E-state index contributed by atoms with van der Waals surface area (Å²) in [5.74, 6) is -1.61. The minimum atomic E-state index is -1.06. The van der Waals surface area contributed by atoms with Crippen LogP contribution in [0.25, 0.3) is 0 Å². The van der Waals surface area contributed by atoms with Gasteiger partial charge in [0.15, 0.2) is 0 Å². The van der Waals surface area contributed by atoms with Crippen LogP contribution in [0.15, 0.2) is 65.9 Å². The molecule has 0 fully saturated rings. The quantitative estimate of drug-likeness (QED) is 0.811. The fourth-order valence-corrected chi connectivity index (χ4v) is 3.08. The van der Waals surface area contributed by atoms with E-state index in [1.165, 1.54) is 36.3 Å². The van der Waals surface area contributed by atoms with Gasteiger partial charge >= 0.3 is 18.0 Å². The number of aromatic carboxylic acids is 1. The lowest BCUT2D eigenvalue weighted by atomic mass is 9.94. The van der Waals surface area contributed by atoms with Crippen LogP contribution in [0, 0.1) is 0 Å². The number of amides is 2. The van der Waals surface area contributed by atoms with Gasteiger partial charge in [-0.15, -0.1) is 0 Å². The van der Waals surface area contributed by atoms with Crippen molar-refractivity contribution in [1.82, 2.24) is 5.32 Å². The molecule has 7 nitrogen and oxygen atoms in total. The maximum atomic E-state index is 12.8. The van der Waals surface area contributed by atoms with Crippen LogP contribution in [0.1, 0.15) is 28.9 Å². The molecule has 0 saturated carbocycles. The predicted molar refractivity (Wildman–Crippen MR) is 98.3 cm³/mol. The molecule has 27 heavy (non-hydrogen) atoms. The van der Waals surface area contributed by atoms with Crippen LogP contribution in [0.2, 0.25) is 0 Å². The summed E-state index contributed by atoms with van der Waals surface area (Å²) in [7, 11) is 1.28. The molecule has 2 N–H and O–H groups in total. The number of carbonyl (C=O) groups is 3. The first-order valence-electron chi connectivity index (χ1n) is 8.22. The molecule has 138 valence electrons. The molecule has 0 unspecified atom stereocenters. The van der Waals surface area contributed by atoms with Gasteiger partial charge in [-0.25, -0.2) is 14.4 Å². The van der Waals surface area contributed by atoms with E-state index in [1.807, 2.05) is 30.3 Å². The number of carbonyl (C=O) groups excluding carboxylic acids is 2. The number of esters is 1. The van der Waals surface area contributed by atoms with Crippen molar-refractivity contribution in [3.05, 3.63) is 77.0 Å². The zero-order chi connectivity index (χ0) is 19.6. The number of benzene rings is 2. The maximum Gasteiger partial charge on any atom is 0.337 e. The van der Waals surface area contributed by atoms with Crippen LogP contribution >= 0.6 is 0 Å². The van der Waals surface area contributed by atoms with Gasteiger partial charge in [-0.2, -0.15) is 0 Å². The third kappa shape index (κ3) is 3.39. The molecule has 1 aliphatic heterocycles.